The maximum Gasteiger partial charge on any atom is 0.160 e. The highest BCUT2D eigenvalue weighted by Gasteiger charge is 2.13. The Morgan fingerprint density at radius 2 is 1.86 bits per heavy atom. The standard InChI is InChI=1S/C16H13ClN2O2/c1-20-11-5-6-14(21-2)12(9-11)13-8-10-4-3-7-18-16(10)19-15(13)17/h3-9H,1-2H3. The summed E-state index contributed by atoms with van der Waals surface area (Å²) in [4.78, 5) is 8.54. The monoisotopic (exact) mass is 300 g/mol. The molecule has 106 valence electrons. The SMILES string of the molecule is COc1ccc(OC)c(-c2cc3cccnc3nc2Cl)c1. The average molecular weight is 301 g/mol. The number of ether oxygens (including phenoxy) is 2. The van der Waals surface area contributed by atoms with Gasteiger partial charge in [-0.25, -0.2) is 9.97 Å². The molecule has 0 radical (unpaired) electrons. The molecule has 4 nitrogen and oxygen atoms in total. The Kier molecular flexibility index (Phi) is 3.62. The minimum absolute atomic E-state index is 0.382. The number of hydrogen-bond donors (Lipinski definition) is 0. The predicted octanol–water partition coefficient (Wildman–Crippen LogP) is 3.97. The van der Waals surface area contributed by atoms with Gasteiger partial charge in [0.05, 0.1) is 14.2 Å². The quantitative estimate of drug-likeness (QED) is 0.687. The number of rotatable bonds is 3. The first-order valence-corrected chi connectivity index (χ1v) is 6.74. The number of fused-ring (bicyclic) bond motifs is 1. The van der Waals surface area contributed by atoms with Crippen LogP contribution in [0, 0.1) is 0 Å². The van der Waals surface area contributed by atoms with Crippen molar-refractivity contribution in [3.8, 4) is 22.6 Å². The van der Waals surface area contributed by atoms with Gasteiger partial charge in [0.2, 0.25) is 0 Å². The van der Waals surface area contributed by atoms with E-state index >= 15 is 0 Å². The lowest BCUT2D eigenvalue weighted by molar-refractivity contribution is 0.404. The minimum Gasteiger partial charge on any atom is -0.497 e. The van der Waals surface area contributed by atoms with Gasteiger partial charge in [0, 0.05) is 22.7 Å². The van der Waals surface area contributed by atoms with Crippen LogP contribution in [0.15, 0.2) is 42.6 Å². The molecule has 0 fully saturated rings. The Bertz CT molecular complexity index is 805. The summed E-state index contributed by atoms with van der Waals surface area (Å²) in [6.07, 6.45) is 1.69. The van der Waals surface area contributed by atoms with Crippen LogP contribution in [0.3, 0.4) is 0 Å². The molecule has 0 bridgehead atoms. The van der Waals surface area contributed by atoms with Gasteiger partial charge in [-0.05, 0) is 36.4 Å². The van der Waals surface area contributed by atoms with Gasteiger partial charge in [0.15, 0.2) is 5.65 Å². The number of benzene rings is 1. The number of halogens is 1. The molecule has 2 heterocycles. The van der Waals surface area contributed by atoms with Crippen molar-refractivity contribution < 1.29 is 9.47 Å². The van der Waals surface area contributed by atoms with Crippen molar-refractivity contribution in [3.63, 3.8) is 0 Å². The van der Waals surface area contributed by atoms with Crippen molar-refractivity contribution in [2.24, 2.45) is 0 Å². The number of methoxy groups -OCH3 is 2. The first kappa shape index (κ1) is 13.6. The Morgan fingerprint density at radius 3 is 2.62 bits per heavy atom. The summed E-state index contributed by atoms with van der Waals surface area (Å²) in [5.41, 5.74) is 2.24. The first-order chi connectivity index (χ1) is 10.2. The smallest absolute Gasteiger partial charge is 0.160 e. The maximum atomic E-state index is 6.31. The first-order valence-electron chi connectivity index (χ1n) is 6.36. The van der Waals surface area contributed by atoms with Crippen molar-refractivity contribution in [1.82, 2.24) is 9.97 Å². The van der Waals surface area contributed by atoms with Gasteiger partial charge in [-0.3, -0.25) is 0 Å². The van der Waals surface area contributed by atoms with Gasteiger partial charge in [0.1, 0.15) is 16.7 Å². The summed E-state index contributed by atoms with van der Waals surface area (Å²) in [5, 5.41) is 1.30. The van der Waals surface area contributed by atoms with E-state index in [2.05, 4.69) is 9.97 Å². The summed E-state index contributed by atoms with van der Waals surface area (Å²) in [7, 11) is 3.24. The Hall–Kier alpha value is -2.33. The van der Waals surface area contributed by atoms with Gasteiger partial charge in [-0.2, -0.15) is 0 Å². The highest BCUT2D eigenvalue weighted by molar-refractivity contribution is 6.32. The third-order valence-electron chi connectivity index (χ3n) is 3.24. The van der Waals surface area contributed by atoms with Crippen LogP contribution in [0.4, 0.5) is 0 Å². The van der Waals surface area contributed by atoms with E-state index in [9.17, 15) is 0 Å². The lowest BCUT2D eigenvalue weighted by atomic mass is 10.0. The molecule has 2 aromatic heterocycles. The summed E-state index contributed by atoms with van der Waals surface area (Å²) < 4.78 is 10.7. The van der Waals surface area contributed by atoms with Crippen LogP contribution < -0.4 is 9.47 Å². The normalized spacial score (nSPS) is 10.6. The fourth-order valence-corrected chi connectivity index (χ4v) is 2.43. The molecule has 0 aliphatic carbocycles. The molecule has 0 N–H and O–H groups in total. The zero-order valence-corrected chi connectivity index (χ0v) is 12.4. The molecular weight excluding hydrogens is 288 g/mol. The van der Waals surface area contributed by atoms with Crippen LogP contribution in [0.1, 0.15) is 0 Å². The van der Waals surface area contributed by atoms with Crippen molar-refractivity contribution >= 4 is 22.6 Å². The molecular formula is C16H13ClN2O2. The lowest BCUT2D eigenvalue weighted by Gasteiger charge is -2.12. The van der Waals surface area contributed by atoms with E-state index in [4.69, 9.17) is 21.1 Å². The summed E-state index contributed by atoms with van der Waals surface area (Å²) in [5.74, 6) is 1.44. The molecule has 1 aromatic carbocycles. The molecule has 21 heavy (non-hydrogen) atoms. The average Bonchev–Trinajstić information content (AvgIpc) is 2.53. The Morgan fingerprint density at radius 1 is 1.00 bits per heavy atom. The zero-order valence-electron chi connectivity index (χ0n) is 11.6. The molecule has 0 aliphatic heterocycles. The molecule has 0 saturated carbocycles. The van der Waals surface area contributed by atoms with Crippen LogP contribution in [-0.4, -0.2) is 24.2 Å². The van der Waals surface area contributed by atoms with Crippen molar-refractivity contribution in [2.75, 3.05) is 14.2 Å². The van der Waals surface area contributed by atoms with E-state index in [0.29, 0.717) is 16.5 Å². The van der Waals surface area contributed by atoms with E-state index in [1.54, 1.807) is 20.4 Å². The van der Waals surface area contributed by atoms with Crippen LogP contribution in [0.25, 0.3) is 22.2 Å². The van der Waals surface area contributed by atoms with E-state index in [1.807, 2.05) is 36.4 Å². The molecule has 3 aromatic rings. The second kappa shape index (κ2) is 5.58. The lowest BCUT2D eigenvalue weighted by Crippen LogP contribution is -1.93. The maximum absolute atomic E-state index is 6.31. The van der Waals surface area contributed by atoms with E-state index < -0.39 is 0 Å². The fourth-order valence-electron chi connectivity index (χ4n) is 2.20. The van der Waals surface area contributed by atoms with E-state index in [0.717, 1.165) is 22.3 Å². The van der Waals surface area contributed by atoms with Gasteiger partial charge < -0.3 is 9.47 Å². The predicted molar refractivity (Wildman–Crippen MR) is 83.1 cm³/mol. The molecule has 0 spiro atoms. The van der Waals surface area contributed by atoms with Gasteiger partial charge in [0.25, 0.3) is 0 Å². The minimum atomic E-state index is 0.382. The molecule has 0 saturated heterocycles. The van der Waals surface area contributed by atoms with E-state index in [1.165, 1.54) is 0 Å². The Balaban J connectivity index is 2.26. The third-order valence-corrected chi connectivity index (χ3v) is 3.53. The van der Waals surface area contributed by atoms with Gasteiger partial charge in [-0.1, -0.05) is 11.6 Å². The number of pyridine rings is 2. The van der Waals surface area contributed by atoms with Gasteiger partial charge in [-0.15, -0.1) is 0 Å². The summed E-state index contributed by atoms with van der Waals surface area (Å²) in [6, 6.07) is 11.3. The van der Waals surface area contributed by atoms with E-state index in [-0.39, 0.29) is 0 Å². The van der Waals surface area contributed by atoms with Crippen molar-refractivity contribution in [1.29, 1.82) is 0 Å². The fraction of sp³-hybridized carbons (Fsp3) is 0.125. The summed E-state index contributed by atoms with van der Waals surface area (Å²) >= 11 is 6.31. The van der Waals surface area contributed by atoms with Crippen LogP contribution >= 0.6 is 11.6 Å². The highest BCUT2D eigenvalue weighted by Crippen LogP contribution is 2.37. The molecule has 0 aliphatic rings. The topological polar surface area (TPSA) is 44.2 Å². The van der Waals surface area contributed by atoms with Crippen LogP contribution in [0.2, 0.25) is 5.15 Å². The second-order valence-electron chi connectivity index (χ2n) is 4.44. The molecule has 3 rings (SSSR count). The summed E-state index contributed by atoms with van der Waals surface area (Å²) in [6.45, 7) is 0. The van der Waals surface area contributed by atoms with Crippen molar-refractivity contribution in [3.05, 3.63) is 47.7 Å². The Labute approximate surface area is 127 Å². The third kappa shape index (κ3) is 2.50. The number of aromatic nitrogens is 2. The zero-order chi connectivity index (χ0) is 14.8. The van der Waals surface area contributed by atoms with Crippen molar-refractivity contribution in [2.45, 2.75) is 0 Å². The molecule has 0 unspecified atom stereocenters. The largest absolute Gasteiger partial charge is 0.497 e. The number of hydrogen-bond acceptors (Lipinski definition) is 4. The second-order valence-corrected chi connectivity index (χ2v) is 4.80. The number of nitrogens with zero attached hydrogens (tertiary/aromatic N) is 2. The molecule has 0 atom stereocenters. The van der Waals surface area contributed by atoms with Crippen LogP contribution in [0.5, 0.6) is 11.5 Å². The van der Waals surface area contributed by atoms with Crippen LogP contribution in [-0.2, 0) is 0 Å². The van der Waals surface area contributed by atoms with Gasteiger partial charge >= 0.3 is 0 Å². The molecule has 0 amide bonds. The highest BCUT2D eigenvalue weighted by atomic mass is 35.5. The molecule has 5 heteroatoms.